The van der Waals surface area contributed by atoms with Gasteiger partial charge in [-0.1, -0.05) is 68.3 Å². The second kappa shape index (κ2) is 26.4. The number of hydrogen-bond acceptors (Lipinski definition) is 11. The molecule has 2 aromatic heterocycles. The first-order valence-electron chi connectivity index (χ1n) is 24.8. The first kappa shape index (κ1) is 55.0. The van der Waals surface area contributed by atoms with Crippen molar-refractivity contribution in [2.75, 3.05) is 13.1 Å². The standard InChI is InChI=1S/C50H67N15O9/c1-3-4-15-36(58-28(2)66)44(69)62-39-23-42(67)55-18-11-10-17-35(43(51)68)60-45(70)37(20-30-24-56-34-16-9-8-14-33(30)34)63-48(73)41-22-32(59-50(52)53)26-65(41)49(74)40(19-29-12-6-5-7-13-29)64-46(71)38(61-47(39)72)21-31-25-54-27-57-31/h5-9,12-14,16,24-25,27,32,35-41,56H,3-4,10-11,15,17-23,26H2,1-2H3,(H2,51,68)(H,54,57)(H,55,67)(H,58,66)(H,60,70)(H,61,72)(H,62,69)(H,63,73)(H,64,71)(H4,52,53,59)/t32-,35-,36-,37-,38-,39-,40+,41+/m0/s1. The number of para-hydroxylation sites is 1. The molecule has 396 valence electrons. The van der Waals surface area contributed by atoms with Gasteiger partial charge in [-0.25, -0.2) is 9.98 Å². The van der Waals surface area contributed by atoms with Gasteiger partial charge in [0, 0.05) is 74.7 Å². The van der Waals surface area contributed by atoms with Crippen molar-refractivity contribution >= 4 is 70.0 Å². The van der Waals surface area contributed by atoms with Crippen LogP contribution in [0.2, 0.25) is 0 Å². The van der Waals surface area contributed by atoms with Crippen LogP contribution in [0.15, 0.2) is 78.3 Å². The monoisotopic (exact) mass is 1020 g/mol. The second-order valence-corrected chi connectivity index (χ2v) is 18.6. The number of carbonyl (C=O) groups excluding carboxylic acids is 9. The Morgan fingerprint density at radius 1 is 0.824 bits per heavy atom. The van der Waals surface area contributed by atoms with Gasteiger partial charge in [0.25, 0.3) is 0 Å². The zero-order chi connectivity index (χ0) is 53.3. The van der Waals surface area contributed by atoms with E-state index in [2.05, 4.69) is 57.2 Å². The maximum absolute atomic E-state index is 15.2. The molecule has 0 bridgehead atoms. The zero-order valence-corrected chi connectivity index (χ0v) is 41.5. The normalized spacial score (nSPS) is 23.2. The lowest BCUT2D eigenvalue weighted by atomic mass is 10.0. The number of primary amides is 1. The second-order valence-electron chi connectivity index (χ2n) is 18.6. The van der Waals surface area contributed by atoms with Gasteiger partial charge in [-0.2, -0.15) is 0 Å². The summed E-state index contributed by atoms with van der Waals surface area (Å²) >= 11 is 0. The SMILES string of the molecule is CCCC[C@H](NC(C)=O)C(=O)N[C@H]1CC(=O)NCCCC[C@@H](C(N)=O)NC(=O)[C@H](Cc2c[nH]c3ccccc23)NC(=O)[C@H]2C[C@H](N=C(N)N)CN2C(=O)[C@@H](Cc2ccccc2)NC(=O)[C@H](Cc2cnc[nH]2)NC1=O. The number of fused-ring (bicyclic) bond motifs is 2. The highest BCUT2D eigenvalue weighted by Crippen LogP contribution is 2.25. The van der Waals surface area contributed by atoms with Crippen LogP contribution in [0, 0.1) is 0 Å². The highest BCUT2D eigenvalue weighted by atomic mass is 16.2. The van der Waals surface area contributed by atoms with E-state index in [0.29, 0.717) is 29.7 Å². The molecule has 4 heterocycles. The van der Waals surface area contributed by atoms with Gasteiger partial charge in [-0.3, -0.25) is 43.2 Å². The van der Waals surface area contributed by atoms with E-state index in [1.165, 1.54) is 24.3 Å². The molecule has 2 aromatic carbocycles. The number of nitrogens with two attached hydrogens (primary N) is 3. The zero-order valence-electron chi connectivity index (χ0n) is 41.5. The number of carbonyl (C=O) groups is 9. The Bertz CT molecular complexity index is 2650. The van der Waals surface area contributed by atoms with Crippen molar-refractivity contribution in [2.24, 2.45) is 22.2 Å². The van der Waals surface area contributed by atoms with E-state index in [-0.39, 0.29) is 70.4 Å². The minimum Gasteiger partial charge on any atom is -0.370 e. The maximum atomic E-state index is 15.2. The smallest absolute Gasteiger partial charge is 0.246 e. The molecular weight excluding hydrogens is 955 g/mol. The molecule has 6 rings (SSSR count). The van der Waals surface area contributed by atoms with Crippen molar-refractivity contribution in [3.05, 3.63) is 90.1 Å². The lowest BCUT2D eigenvalue weighted by Gasteiger charge is -2.31. The molecule has 2 aliphatic rings. The largest absolute Gasteiger partial charge is 0.370 e. The summed E-state index contributed by atoms with van der Waals surface area (Å²) in [6.07, 6.45) is 5.53. The van der Waals surface area contributed by atoms with Crippen LogP contribution in [-0.2, 0) is 62.4 Å². The minimum absolute atomic E-state index is 0.0424. The first-order chi connectivity index (χ1) is 35.5. The molecule has 2 fully saturated rings. The van der Waals surface area contributed by atoms with Crippen molar-refractivity contribution in [3.8, 4) is 0 Å². The van der Waals surface area contributed by atoms with Gasteiger partial charge in [0.15, 0.2) is 5.96 Å². The summed E-state index contributed by atoms with van der Waals surface area (Å²) < 4.78 is 0. The van der Waals surface area contributed by atoms with E-state index in [1.54, 1.807) is 36.5 Å². The molecule has 74 heavy (non-hydrogen) atoms. The molecule has 0 spiro atoms. The van der Waals surface area contributed by atoms with Crippen LogP contribution in [0.3, 0.4) is 0 Å². The Labute approximate surface area is 427 Å². The number of H-pyrrole nitrogens is 2. The van der Waals surface area contributed by atoms with Crippen molar-refractivity contribution in [2.45, 2.75) is 133 Å². The quantitative estimate of drug-likeness (QED) is 0.0505. The van der Waals surface area contributed by atoms with Crippen LogP contribution < -0.4 is 54.4 Å². The number of aliphatic imine (C=N–C) groups is 1. The Kier molecular flexibility index (Phi) is 19.6. The number of benzene rings is 2. The molecule has 24 heteroatoms. The van der Waals surface area contributed by atoms with E-state index in [1.807, 2.05) is 31.2 Å². The molecule has 4 aromatic rings. The van der Waals surface area contributed by atoms with Crippen molar-refractivity contribution in [1.82, 2.24) is 57.1 Å². The van der Waals surface area contributed by atoms with Gasteiger partial charge in [-0.15, -0.1) is 0 Å². The third-order valence-electron chi connectivity index (χ3n) is 12.9. The summed E-state index contributed by atoms with van der Waals surface area (Å²) in [5.41, 5.74) is 19.9. The number of rotatable bonds is 14. The number of aromatic nitrogens is 3. The molecule has 0 unspecified atom stereocenters. The summed E-state index contributed by atoms with van der Waals surface area (Å²) in [7, 11) is 0. The summed E-state index contributed by atoms with van der Waals surface area (Å²) in [4.78, 5) is 142. The molecule has 0 radical (unpaired) electrons. The van der Waals surface area contributed by atoms with Gasteiger partial charge >= 0.3 is 0 Å². The molecule has 0 saturated carbocycles. The fourth-order valence-corrected chi connectivity index (χ4v) is 9.15. The Balaban J connectivity index is 1.40. The van der Waals surface area contributed by atoms with Crippen molar-refractivity contribution < 1.29 is 43.2 Å². The van der Waals surface area contributed by atoms with Crippen LogP contribution in [0.25, 0.3) is 10.9 Å². The Hall–Kier alpha value is -8.31. The van der Waals surface area contributed by atoms with Crippen molar-refractivity contribution in [1.29, 1.82) is 0 Å². The Morgan fingerprint density at radius 3 is 2.23 bits per heavy atom. The lowest BCUT2D eigenvalue weighted by Crippen LogP contribution is -2.61. The Morgan fingerprint density at radius 2 is 1.53 bits per heavy atom. The van der Waals surface area contributed by atoms with E-state index in [4.69, 9.17) is 17.2 Å². The average molecular weight is 1020 g/mol. The van der Waals surface area contributed by atoms with Gasteiger partial charge in [0.1, 0.15) is 42.3 Å². The molecule has 2 aliphatic heterocycles. The first-order valence-corrected chi connectivity index (χ1v) is 24.8. The van der Waals surface area contributed by atoms with Crippen LogP contribution >= 0.6 is 0 Å². The molecule has 15 N–H and O–H groups in total. The predicted molar refractivity (Wildman–Crippen MR) is 272 cm³/mol. The molecule has 24 nitrogen and oxygen atoms in total. The lowest BCUT2D eigenvalue weighted by molar-refractivity contribution is -0.142. The number of hydrogen-bond donors (Lipinski definition) is 12. The van der Waals surface area contributed by atoms with Crippen LogP contribution in [0.1, 0.15) is 82.0 Å². The number of nitrogens with one attached hydrogen (secondary N) is 9. The molecular formula is C50H67N15O9. The number of nitrogens with zero attached hydrogens (tertiary/aromatic N) is 3. The van der Waals surface area contributed by atoms with Crippen LogP contribution in [0.5, 0.6) is 0 Å². The van der Waals surface area contributed by atoms with Crippen LogP contribution in [0.4, 0.5) is 0 Å². The maximum Gasteiger partial charge on any atom is 0.246 e. The number of amides is 9. The molecule has 8 atom stereocenters. The number of aromatic amines is 2. The van der Waals surface area contributed by atoms with Gasteiger partial charge in [0.05, 0.1) is 18.8 Å². The highest BCUT2D eigenvalue weighted by Gasteiger charge is 2.44. The fraction of sp³-hybridized carbons (Fsp3) is 0.460. The van der Waals surface area contributed by atoms with E-state index in [9.17, 15) is 38.4 Å². The summed E-state index contributed by atoms with van der Waals surface area (Å²) in [6, 6.07) is 5.98. The molecule has 0 aliphatic carbocycles. The third-order valence-corrected chi connectivity index (χ3v) is 12.9. The van der Waals surface area contributed by atoms with E-state index in [0.717, 1.165) is 10.9 Å². The van der Waals surface area contributed by atoms with Gasteiger partial charge < -0.3 is 69.3 Å². The van der Waals surface area contributed by atoms with Crippen LogP contribution in [-0.4, -0.2) is 140 Å². The van der Waals surface area contributed by atoms with Gasteiger partial charge in [-0.05, 0) is 42.9 Å². The number of imidazole rings is 1. The van der Waals surface area contributed by atoms with E-state index >= 15 is 4.79 Å². The fourth-order valence-electron chi connectivity index (χ4n) is 9.15. The minimum atomic E-state index is -1.58. The summed E-state index contributed by atoms with van der Waals surface area (Å²) in [5.74, 6) is -7.07. The molecule has 9 amide bonds. The number of guanidine groups is 1. The third kappa shape index (κ3) is 15.6. The highest BCUT2D eigenvalue weighted by molar-refractivity contribution is 5.99. The molecule has 2 saturated heterocycles. The predicted octanol–water partition coefficient (Wildman–Crippen LogP) is -1.54. The number of unbranched alkanes of at least 4 members (excludes halogenated alkanes) is 1. The average Bonchev–Trinajstić information content (AvgIpc) is 4.14. The summed E-state index contributed by atoms with van der Waals surface area (Å²) in [5, 5.41) is 19.7. The van der Waals surface area contributed by atoms with Crippen molar-refractivity contribution in [3.63, 3.8) is 0 Å². The van der Waals surface area contributed by atoms with E-state index < -0.39 is 108 Å². The topological polar surface area (TPSA) is 376 Å². The van der Waals surface area contributed by atoms with Gasteiger partial charge in [0.2, 0.25) is 53.2 Å². The summed E-state index contributed by atoms with van der Waals surface area (Å²) in [6.45, 7) is 3.01.